The molecule has 1 rings (SSSR count). The Morgan fingerprint density at radius 2 is 2.22 bits per heavy atom. The highest BCUT2D eigenvalue weighted by Gasteiger charge is 2.03. The first kappa shape index (κ1) is 5.87. The fourth-order valence-corrected chi connectivity index (χ4v) is 0.361. The molecule has 3 nitrogen and oxygen atoms in total. The number of halogens is 2. The molecule has 5 heteroatoms. The van der Waals surface area contributed by atoms with Crippen molar-refractivity contribution in [2.45, 2.75) is 0 Å². The van der Waals surface area contributed by atoms with Crippen LogP contribution in [0.25, 0.3) is 0 Å². The van der Waals surface area contributed by atoms with Crippen molar-refractivity contribution in [1.82, 2.24) is 9.97 Å². The second-order valence-corrected chi connectivity index (χ2v) is 1.34. The first-order chi connectivity index (χ1) is 4.22. The van der Waals surface area contributed by atoms with Gasteiger partial charge < -0.3 is 4.98 Å². The van der Waals surface area contributed by atoms with Crippen molar-refractivity contribution < 1.29 is 8.78 Å². The van der Waals surface area contributed by atoms with Crippen LogP contribution in [0.15, 0.2) is 11.1 Å². The minimum atomic E-state index is -1.47. The van der Waals surface area contributed by atoms with Gasteiger partial charge in [0.15, 0.2) is 0 Å². The van der Waals surface area contributed by atoms with E-state index in [0.717, 1.165) is 6.33 Å². The summed E-state index contributed by atoms with van der Waals surface area (Å²) >= 11 is 0. The van der Waals surface area contributed by atoms with Gasteiger partial charge in [0.05, 0.1) is 6.33 Å². The van der Waals surface area contributed by atoms with Gasteiger partial charge in [-0.05, 0) is 0 Å². The molecule has 0 unspecified atom stereocenters. The predicted octanol–water partition coefficient (Wildman–Crippen LogP) is 0.0481. The number of aromatic amines is 1. The summed E-state index contributed by atoms with van der Waals surface area (Å²) in [5.41, 5.74) is -1.09. The van der Waals surface area contributed by atoms with E-state index in [1.807, 2.05) is 4.98 Å². The first-order valence-electron chi connectivity index (χ1n) is 2.10. The molecule has 0 amide bonds. The van der Waals surface area contributed by atoms with Crippen LogP contribution < -0.4 is 5.56 Å². The Kier molecular flexibility index (Phi) is 1.26. The summed E-state index contributed by atoms with van der Waals surface area (Å²) in [6, 6.07) is 0. The molecule has 0 atom stereocenters. The standard InChI is InChI=1S/C4H2F2N2O/c5-2-3(6)7-1-8-4(2)9/h1H,(H,7,8,9). The third-order valence-electron chi connectivity index (χ3n) is 0.754. The SMILES string of the molecule is O=c1[nH]cnc(F)c1F. The molecule has 0 radical (unpaired) electrons. The quantitative estimate of drug-likeness (QED) is 0.507. The lowest BCUT2D eigenvalue weighted by atomic mass is 10.6. The lowest BCUT2D eigenvalue weighted by Gasteiger charge is -1.84. The van der Waals surface area contributed by atoms with E-state index in [1.165, 1.54) is 0 Å². The lowest BCUT2D eigenvalue weighted by molar-refractivity contribution is 0.465. The van der Waals surface area contributed by atoms with Crippen molar-refractivity contribution in [3.8, 4) is 0 Å². The molecule has 0 aliphatic rings. The second-order valence-electron chi connectivity index (χ2n) is 1.34. The summed E-state index contributed by atoms with van der Waals surface area (Å²) in [7, 11) is 0. The Bertz CT molecular complexity index is 270. The molecule has 1 N–H and O–H groups in total. The van der Waals surface area contributed by atoms with Gasteiger partial charge in [-0.15, -0.1) is 0 Å². The van der Waals surface area contributed by atoms with Crippen LogP contribution in [0.1, 0.15) is 0 Å². The molecule has 0 aliphatic heterocycles. The molecule has 48 valence electrons. The van der Waals surface area contributed by atoms with Crippen LogP contribution in [0.5, 0.6) is 0 Å². The van der Waals surface area contributed by atoms with Gasteiger partial charge in [-0.2, -0.15) is 8.78 Å². The molecule has 0 saturated carbocycles. The maximum absolute atomic E-state index is 11.9. The van der Waals surface area contributed by atoms with Gasteiger partial charge in [0.25, 0.3) is 11.5 Å². The van der Waals surface area contributed by atoms with Crippen LogP contribution in [0.2, 0.25) is 0 Å². The fraction of sp³-hybridized carbons (Fsp3) is 0. The van der Waals surface area contributed by atoms with Crippen molar-refractivity contribution in [2.75, 3.05) is 0 Å². The third kappa shape index (κ3) is 0.933. The van der Waals surface area contributed by atoms with Crippen LogP contribution in [-0.4, -0.2) is 9.97 Å². The van der Waals surface area contributed by atoms with E-state index in [2.05, 4.69) is 4.98 Å². The maximum atomic E-state index is 11.9. The molecule has 1 aromatic heterocycles. The van der Waals surface area contributed by atoms with Crippen molar-refractivity contribution in [3.63, 3.8) is 0 Å². The number of hydrogen-bond donors (Lipinski definition) is 1. The predicted molar refractivity (Wildman–Crippen MR) is 24.8 cm³/mol. The van der Waals surface area contributed by atoms with E-state index in [-0.39, 0.29) is 0 Å². The van der Waals surface area contributed by atoms with E-state index in [0.29, 0.717) is 0 Å². The van der Waals surface area contributed by atoms with Gasteiger partial charge in [-0.1, -0.05) is 0 Å². The highest BCUT2D eigenvalue weighted by atomic mass is 19.2. The van der Waals surface area contributed by atoms with Gasteiger partial charge in [0, 0.05) is 0 Å². The molecule has 0 spiro atoms. The van der Waals surface area contributed by atoms with Crippen molar-refractivity contribution in [1.29, 1.82) is 0 Å². The van der Waals surface area contributed by atoms with Gasteiger partial charge in [-0.25, -0.2) is 4.98 Å². The Hall–Kier alpha value is -1.26. The molecule has 1 aromatic rings. The number of aromatic nitrogens is 2. The summed E-state index contributed by atoms with van der Waals surface area (Å²) in [4.78, 5) is 14.8. The van der Waals surface area contributed by atoms with E-state index >= 15 is 0 Å². The number of hydrogen-bond acceptors (Lipinski definition) is 2. The second kappa shape index (κ2) is 1.93. The summed E-state index contributed by atoms with van der Waals surface area (Å²) in [6.45, 7) is 0. The minimum absolute atomic E-state index is 0.792. The van der Waals surface area contributed by atoms with Gasteiger partial charge in [-0.3, -0.25) is 4.79 Å². The normalized spacial score (nSPS) is 9.56. The third-order valence-corrected chi connectivity index (χ3v) is 0.754. The summed E-state index contributed by atoms with van der Waals surface area (Å²) in [5, 5.41) is 0. The summed E-state index contributed by atoms with van der Waals surface area (Å²) in [6.07, 6.45) is 0.792. The maximum Gasteiger partial charge on any atom is 0.289 e. The van der Waals surface area contributed by atoms with Crippen molar-refractivity contribution in [3.05, 3.63) is 28.4 Å². The number of H-pyrrole nitrogens is 1. The van der Waals surface area contributed by atoms with Crippen LogP contribution >= 0.6 is 0 Å². The zero-order valence-corrected chi connectivity index (χ0v) is 4.19. The molecule has 0 aromatic carbocycles. The van der Waals surface area contributed by atoms with Crippen molar-refractivity contribution >= 4 is 0 Å². The number of nitrogens with one attached hydrogen (secondary N) is 1. The Labute approximate surface area is 48.4 Å². The zero-order chi connectivity index (χ0) is 6.85. The molecule has 0 fully saturated rings. The van der Waals surface area contributed by atoms with E-state index in [4.69, 9.17) is 0 Å². The Balaban J connectivity index is 3.43. The van der Waals surface area contributed by atoms with Gasteiger partial charge in [0.2, 0.25) is 5.82 Å². The summed E-state index contributed by atoms with van der Waals surface area (Å²) in [5.74, 6) is -2.85. The van der Waals surface area contributed by atoms with E-state index in [9.17, 15) is 13.6 Å². The highest BCUT2D eigenvalue weighted by Crippen LogP contribution is 1.89. The molecule has 0 saturated heterocycles. The van der Waals surface area contributed by atoms with Crippen LogP contribution in [0, 0.1) is 11.8 Å². The molecular formula is C4H2F2N2O. The Morgan fingerprint density at radius 3 is 2.67 bits per heavy atom. The number of nitrogens with zero attached hydrogens (tertiary/aromatic N) is 1. The monoisotopic (exact) mass is 132 g/mol. The van der Waals surface area contributed by atoms with Crippen LogP contribution in [-0.2, 0) is 0 Å². The lowest BCUT2D eigenvalue weighted by Crippen LogP contribution is -2.13. The van der Waals surface area contributed by atoms with Crippen molar-refractivity contribution in [2.24, 2.45) is 0 Å². The zero-order valence-electron chi connectivity index (χ0n) is 4.19. The average molecular weight is 132 g/mol. The smallest absolute Gasteiger partial charge is 0.289 e. The fourth-order valence-electron chi connectivity index (χ4n) is 0.361. The average Bonchev–Trinajstić information content (AvgIpc) is 1.83. The van der Waals surface area contributed by atoms with Gasteiger partial charge in [0.1, 0.15) is 0 Å². The van der Waals surface area contributed by atoms with Crippen LogP contribution in [0.3, 0.4) is 0 Å². The number of rotatable bonds is 0. The van der Waals surface area contributed by atoms with E-state index < -0.39 is 17.3 Å². The molecule has 1 heterocycles. The van der Waals surface area contributed by atoms with Crippen LogP contribution in [0.4, 0.5) is 8.78 Å². The molecule has 0 bridgehead atoms. The molecule has 0 aliphatic carbocycles. The Morgan fingerprint density at radius 1 is 1.56 bits per heavy atom. The minimum Gasteiger partial charge on any atom is -0.310 e. The summed E-state index contributed by atoms with van der Waals surface area (Å²) < 4.78 is 23.8. The van der Waals surface area contributed by atoms with E-state index in [1.54, 1.807) is 0 Å². The molecular weight excluding hydrogens is 130 g/mol. The van der Waals surface area contributed by atoms with Gasteiger partial charge >= 0.3 is 0 Å². The topological polar surface area (TPSA) is 45.8 Å². The highest BCUT2D eigenvalue weighted by molar-refractivity contribution is 4.86. The largest absolute Gasteiger partial charge is 0.310 e. The molecule has 9 heavy (non-hydrogen) atoms. The first-order valence-corrected chi connectivity index (χ1v) is 2.10.